The quantitative estimate of drug-likeness (QED) is 0.388. The summed E-state index contributed by atoms with van der Waals surface area (Å²) in [5, 5.41) is 0. The third-order valence-corrected chi connectivity index (χ3v) is 2.62. The van der Waals surface area contributed by atoms with Crippen molar-refractivity contribution in [3.05, 3.63) is 12.2 Å². The fraction of sp³-hybridized carbons (Fsp3) is 0.727. The minimum absolute atomic E-state index is 0.464. The van der Waals surface area contributed by atoms with Crippen LogP contribution in [0.5, 0.6) is 0 Å². The Morgan fingerprint density at radius 2 is 2.43 bits per heavy atom. The van der Waals surface area contributed by atoms with Gasteiger partial charge in [-0.15, -0.1) is 0 Å². The van der Waals surface area contributed by atoms with Gasteiger partial charge >= 0.3 is 0 Å². The van der Waals surface area contributed by atoms with Crippen LogP contribution in [0.2, 0.25) is 0 Å². The normalized spacial score (nSPS) is 23.2. The molecule has 78 valence electrons. The van der Waals surface area contributed by atoms with Crippen molar-refractivity contribution in [1.82, 2.24) is 4.90 Å². The summed E-state index contributed by atoms with van der Waals surface area (Å²) in [4.78, 5) is 15.8. The van der Waals surface area contributed by atoms with E-state index in [2.05, 4.69) is 29.8 Å². The molecule has 1 heterocycles. The molecule has 0 aromatic carbocycles. The second-order valence-electron chi connectivity index (χ2n) is 3.90. The van der Waals surface area contributed by atoms with Crippen molar-refractivity contribution in [2.75, 3.05) is 13.1 Å². The molecule has 1 rings (SSSR count). The maximum atomic E-state index is 9.84. The van der Waals surface area contributed by atoms with Crippen LogP contribution in [0.15, 0.2) is 17.1 Å². The lowest BCUT2D eigenvalue weighted by molar-refractivity contribution is 0.234. The van der Waals surface area contributed by atoms with Gasteiger partial charge in [-0.05, 0) is 33.2 Å². The zero-order valence-corrected chi connectivity index (χ0v) is 8.94. The van der Waals surface area contributed by atoms with E-state index < -0.39 is 0 Å². The third kappa shape index (κ3) is 3.09. The van der Waals surface area contributed by atoms with Crippen molar-refractivity contribution in [3.8, 4) is 0 Å². The lowest BCUT2D eigenvalue weighted by Gasteiger charge is -2.25. The summed E-state index contributed by atoms with van der Waals surface area (Å²) in [6, 6.07) is 1.14. The van der Waals surface area contributed by atoms with E-state index in [0.717, 1.165) is 0 Å². The molecule has 3 nitrogen and oxygen atoms in total. The largest absolute Gasteiger partial charge is 0.295 e. The number of hydrogen-bond acceptors (Lipinski definition) is 3. The zero-order valence-electron chi connectivity index (χ0n) is 8.94. The standard InChI is InChI=1S/C11H18N2O/c1-10(2)13-8-4-6-11(13)5-3-7-12-9-14/h3,5,10-11H,4,6-8H2,1-2H3/b5-3-. The summed E-state index contributed by atoms with van der Waals surface area (Å²) in [7, 11) is 0. The summed E-state index contributed by atoms with van der Waals surface area (Å²) in [6.45, 7) is 6.08. The van der Waals surface area contributed by atoms with Gasteiger partial charge in [-0.2, -0.15) is 0 Å². The van der Waals surface area contributed by atoms with Crippen LogP contribution in [0.4, 0.5) is 0 Å². The van der Waals surface area contributed by atoms with Crippen LogP contribution in [-0.2, 0) is 4.79 Å². The number of aliphatic imine (C=N–C) groups is 1. The maximum absolute atomic E-state index is 9.84. The van der Waals surface area contributed by atoms with Gasteiger partial charge in [0.15, 0.2) is 0 Å². The Morgan fingerprint density at radius 1 is 1.64 bits per heavy atom. The van der Waals surface area contributed by atoms with E-state index in [-0.39, 0.29) is 0 Å². The molecule has 0 spiro atoms. The van der Waals surface area contributed by atoms with Gasteiger partial charge in [-0.25, -0.2) is 9.79 Å². The van der Waals surface area contributed by atoms with Crippen LogP contribution in [0.25, 0.3) is 0 Å². The van der Waals surface area contributed by atoms with E-state index in [4.69, 9.17) is 0 Å². The number of isocyanates is 1. The number of rotatable bonds is 4. The smallest absolute Gasteiger partial charge is 0.235 e. The van der Waals surface area contributed by atoms with Crippen molar-refractivity contribution in [1.29, 1.82) is 0 Å². The van der Waals surface area contributed by atoms with Gasteiger partial charge in [-0.3, -0.25) is 4.90 Å². The predicted octanol–water partition coefficient (Wildman–Crippen LogP) is 1.75. The number of likely N-dealkylation sites (tertiary alicyclic amines) is 1. The first kappa shape index (κ1) is 11.2. The zero-order chi connectivity index (χ0) is 10.4. The van der Waals surface area contributed by atoms with Gasteiger partial charge in [0, 0.05) is 12.1 Å². The lowest BCUT2D eigenvalue weighted by Crippen LogP contribution is -2.34. The van der Waals surface area contributed by atoms with Gasteiger partial charge in [-0.1, -0.05) is 12.2 Å². The minimum atomic E-state index is 0.464. The molecule has 0 aromatic rings. The van der Waals surface area contributed by atoms with E-state index in [0.29, 0.717) is 18.6 Å². The monoisotopic (exact) mass is 194 g/mol. The highest BCUT2D eigenvalue weighted by Gasteiger charge is 2.23. The van der Waals surface area contributed by atoms with Gasteiger partial charge in [0.25, 0.3) is 0 Å². The molecule has 1 fully saturated rings. The van der Waals surface area contributed by atoms with Crippen LogP contribution < -0.4 is 0 Å². The SMILES string of the molecule is CC(C)N1CCCC1/C=C\CN=C=O. The van der Waals surface area contributed by atoms with Gasteiger partial charge < -0.3 is 0 Å². The summed E-state index contributed by atoms with van der Waals surface area (Å²) >= 11 is 0. The Kier molecular flexibility index (Phi) is 4.57. The van der Waals surface area contributed by atoms with Crippen molar-refractivity contribution in [2.24, 2.45) is 4.99 Å². The van der Waals surface area contributed by atoms with Crippen molar-refractivity contribution in [3.63, 3.8) is 0 Å². The molecule has 14 heavy (non-hydrogen) atoms. The molecule has 1 atom stereocenters. The van der Waals surface area contributed by atoms with E-state index in [9.17, 15) is 4.79 Å². The molecule has 1 aliphatic rings. The summed E-state index contributed by atoms with van der Waals surface area (Å²) < 4.78 is 0. The van der Waals surface area contributed by atoms with Crippen LogP contribution in [0.1, 0.15) is 26.7 Å². The first-order valence-electron chi connectivity index (χ1n) is 5.21. The van der Waals surface area contributed by atoms with E-state index >= 15 is 0 Å². The molecule has 0 bridgehead atoms. The van der Waals surface area contributed by atoms with Crippen molar-refractivity contribution >= 4 is 6.08 Å². The minimum Gasteiger partial charge on any atom is -0.295 e. The fourth-order valence-corrected chi connectivity index (χ4v) is 1.97. The summed E-state index contributed by atoms with van der Waals surface area (Å²) in [6.07, 6.45) is 8.14. The highest BCUT2D eigenvalue weighted by molar-refractivity contribution is 5.33. The predicted molar refractivity (Wildman–Crippen MR) is 57.0 cm³/mol. The van der Waals surface area contributed by atoms with E-state index in [1.807, 2.05) is 6.08 Å². The molecule has 0 saturated carbocycles. The molecular weight excluding hydrogens is 176 g/mol. The molecule has 0 N–H and O–H groups in total. The average molecular weight is 194 g/mol. The Balaban J connectivity index is 2.42. The van der Waals surface area contributed by atoms with Crippen LogP contribution in [-0.4, -0.2) is 36.2 Å². The molecule has 0 aromatic heterocycles. The van der Waals surface area contributed by atoms with Crippen LogP contribution >= 0.6 is 0 Å². The Bertz CT molecular complexity index is 242. The molecule has 0 aliphatic carbocycles. The number of hydrogen-bond donors (Lipinski definition) is 0. The number of carbonyl (C=O) groups excluding carboxylic acids is 1. The highest BCUT2D eigenvalue weighted by Crippen LogP contribution is 2.20. The molecular formula is C11H18N2O. The van der Waals surface area contributed by atoms with Crippen molar-refractivity contribution in [2.45, 2.75) is 38.8 Å². The Hall–Kier alpha value is -0.920. The molecule has 1 aliphatic heterocycles. The Labute approximate surface area is 85.5 Å². The maximum Gasteiger partial charge on any atom is 0.235 e. The summed E-state index contributed by atoms with van der Waals surface area (Å²) in [5.41, 5.74) is 0. The first-order valence-corrected chi connectivity index (χ1v) is 5.21. The van der Waals surface area contributed by atoms with E-state index in [1.165, 1.54) is 25.5 Å². The van der Waals surface area contributed by atoms with Gasteiger partial charge in [0.2, 0.25) is 6.08 Å². The Morgan fingerprint density at radius 3 is 3.07 bits per heavy atom. The third-order valence-electron chi connectivity index (χ3n) is 2.62. The summed E-state index contributed by atoms with van der Waals surface area (Å²) in [5.74, 6) is 0. The molecule has 0 radical (unpaired) electrons. The van der Waals surface area contributed by atoms with Crippen LogP contribution in [0.3, 0.4) is 0 Å². The molecule has 0 amide bonds. The van der Waals surface area contributed by atoms with Gasteiger partial charge in [0.1, 0.15) is 0 Å². The lowest BCUT2D eigenvalue weighted by atomic mass is 10.2. The second-order valence-corrected chi connectivity index (χ2v) is 3.90. The molecule has 3 heteroatoms. The van der Waals surface area contributed by atoms with Gasteiger partial charge in [0.05, 0.1) is 6.54 Å². The van der Waals surface area contributed by atoms with E-state index in [1.54, 1.807) is 0 Å². The number of nitrogens with zero attached hydrogens (tertiary/aromatic N) is 2. The van der Waals surface area contributed by atoms with Crippen molar-refractivity contribution < 1.29 is 4.79 Å². The fourth-order valence-electron chi connectivity index (χ4n) is 1.97. The average Bonchev–Trinajstić information content (AvgIpc) is 2.60. The molecule has 1 unspecified atom stereocenters. The highest BCUT2D eigenvalue weighted by atomic mass is 16.1. The van der Waals surface area contributed by atoms with Crippen LogP contribution in [0, 0.1) is 0 Å². The second kappa shape index (κ2) is 5.74. The first-order chi connectivity index (χ1) is 6.75. The topological polar surface area (TPSA) is 32.7 Å². The molecule has 1 saturated heterocycles.